The molecule has 8 heteroatoms. The van der Waals surface area contributed by atoms with E-state index in [0.29, 0.717) is 17.0 Å². The van der Waals surface area contributed by atoms with E-state index in [4.69, 9.17) is 0 Å². The van der Waals surface area contributed by atoms with Crippen LogP contribution in [0.25, 0.3) is 11.2 Å². The van der Waals surface area contributed by atoms with Gasteiger partial charge in [-0.15, -0.1) is 0 Å². The molecule has 3 heterocycles. The first-order valence-corrected chi connectivity index (χ1v) is 7.51. The number of imidazole rings is 1. The molecule has 1 saturated heterocycles. The number of nitrogens with zero attached hydrogens (tertiary/aromatic N) is 4. The van der Waals surface area contributed by atoms with E-state index in [1.54, 1.807) is 0 Å². The highest BCUT2D eigenvalue weighted by atomic mass is 16.2. The fourth-order valence-electron chi connectivity index (χ4n) is 2.77. The number of amides is 2. The van der Waals surface area contributed by atoms with E-state index in [1.165, 1.54) is 17.6 Å². The zero-order valence-corrected chi connectivity index (χ0v) is 12.6. The number of aromatic amines is 1. The highest BCUT2D eigenvalue weighted by molar-refractivity contribution is 6.07. The van der Waals surface area contributed by atoms with Gasteiger partial charge in [0.25, 0.3) is 5.91 Å². The lowest BCUT2D eigenvalue weighted by molar-refractivity contribution is -0.139. The minimum atomic E-state index is -0.636. The normalized spacial score (nSPS) is 17.7. The fraction of sp³-hybridized carbons (Fsp3) is 0.188. The maximum Gasteiger partial charge on any atom is 0.252 e. The van der Waals surface area contributed by atoms with E-state index < -0.39 is 6.04 Å². The van der Waals surface area contributed by atoms with Crippen LogP contribution < -0.4 is 5.32 Å². The highest BCUT2D eigenvalue weighted by Crippen LogP contribution is 2.22. The number of likely N-dealkylation sites (tertiary alicyclic amines) is 1. The monoisotopic (exact) mass is 322 g/mol. The van der Waals surface area contributed by atoms with Crippen molar-refractivity contribution in [3.63, 3.8) is 0 Å². The van der Waals surface area contributed by atoms with Gasteiger partial charge in [-0.3, -0.25) is 14.5 Å². The van der Waals surface area contributed by atoms with Gasteiger partial charge in [-0.1, -0.05) is 30.3 Å². The van der Waals surface area contributed by atoms with E-state index in [0.717, 1.165) is 5.56 Å². The summed E-state index contributed by atoms with van der Waals surface area (Å²) in [5.74, 6) is 0.0107. The van der Waals surface area contributed by atoms with Gasteiger partial charge in [0.05, 0.1) is 19.3 Å². The van der Waals surface area contributed by atoms with Gasteiger partial charge in [0.15, 0.2) is 11.5 Å². The van der Waals surface area contributed by atoms with Crippen molar-refractivity contribution in [2.45, 2.75) is 19.0 Å². The summed E-state index contributed by atoms with van der Waals surface area (Å²) >= 11 is 0. The molecule has 24 heavy (non-hydrogen) atoms. The molecule has 0 bridgehead atoms. The highest BCUT2D eigenvalue weighted by Gasteiger charge is 2.38. The van der Waals surface area contributed by atoms with Gasteiger partial charge >= 0.3 is 0 Å². The molecule has 1 aromatic carbocycles. The lowest BCUT2D eigenvalue weighted by Gasteiger charge is -2.15. The predicted octanol–water partition coefficient (Wildman–Crippen LogP) is 1.09. The van der Waals surface area contributed by atoms with Gasteiger partial charge < -0.3 is 10.3 Å². The summed E-state index contributed by atoms with van der Waals surface area (Å²) in [7, 11) is 0. The maximum atomic E-state index is 12.6. The molecule has 120 valence electrons. The minimum absolute atomic E-state index is 0.102. The molecule has 0 aliphatic carbocycles. The van der Waals surface area contributed by atoms with Crippen molar-refractivity contribution in [2.75, 3.05) is 5.32 Å². The Balaban J connectivity index is 1.54. The van der Waals surface area contributed by atoms with Crippen LogP contribution in [0.3, 0.4) is 0 Å². The summed E-state index contributed by atoms with van der Waals surface area (Å²) in [6.07, 6.45) is 2.98. The first-order chi connectivity index (χ1) is 11.7. The van der Waals surface area contributed by atoms with Crippen molar-refractivity contribution in [2.24, 2.45) is 0 Å². The number of anilines is 1. The standard InChI is InChI=1S/C16H14N6O2/c23-12-6-11(16(24)22(12)7-10-4-2-1-3-5-10)21-15-13-14(18-8-17-13)19-9-20-15/h1-5,8-9,11H,6-7H2,(H2,17,18,19,20,21)/t11-/m0/s1. The number of rotatable bonds is 4. The van der Waals surface area contributed by atoms with Crippen molar-refractivity contribution in [1.29, 1.82) is 0 Å². The lowest BCUT2D eigenvalue weighted by atomic mass is 10.2. The number of benzene rings is 1. The fourth-order valence-corrected chi connectivity index (χ4v) is 2.77. The molecular formula is C16H14N6O2. The molecule has 0 unspecified atom stereocenters. The number of hydrogen-bond donors (Lipinski definition) is 2. The van der Waals surface area contributed by atoms with Crippen LogP contribution in [0, 0.1) is 0 Å². The number of aromatic nitrogens is 4. The summed E-state index contributed by atoms with van der Waals surface area (Å²) in [6, 6.07) is 8.80. The van der Waals surface area contributed by atoms with Crippen LogP contribution in [0.1, 0.15) is 12.0 Å². The Hall–Kier alpha value is -3.29. The third-order valence-corrected chi connectivity index (χ3v) is 3.96. The Morgan fingerprint density at radius 2 is 2.00 bits per heavy atom. The average molecular weight is 322 g/mol. The van der Waals surface area contributed by atoms with Crippen LogP contribution in [-0.4, -0.2) is 42.7 Å². The van der Waals surface area contributed by atoms with E-state index in [1.807, 2.05) is 30.3 Å². The Labute approximate surface area is 136 Å². The van der Waals surface area contributed by atoms with Gasteiger partial charge in [-0.25, -0.2) is 15.0 Å². The molecule has 3 aromatic rings. The first kappa shape index (κ1) is 14.3. The number of imide groups is 1. The van der Waals surface area contributed by atoms with Gasteiger partial charge in [-0.05, 0) is 5.56 Å². The van der Waals surface area contributed by atoms with E-state index in [-0.39, 0.29) is 24.8 Å². The average Bonchev–Trinajstić information content (AvgIpc) is 3.17. The molecule has 0 saturated carbocycles. The molecule has 1 aliphatic rings. The van der Waals surface area contributed by atoms with Crippen LogP contribution in [-0.2, 0) is 16.1 Å². The first-order valence-electron chi connectivity index (χ1n) is 7.51. The number of nitrogens with one attached hydrogen (secondary N) is 2. The molecule has 8 nitrogen and oxygen atoms in total. The quantitative estimate of drug-likeness (QED) is 0.697. The zero-order valence-electron chi connectivity index (χ0n) is 12.6. The molecule has 0 spiro atoms. The number of carbonyl (C=O) groups is 2. The lowest BCUT2D eigenvalue weighted by Crippen LogP contribution is -2.34. The minimum Gasteiger partial charge on any atom is -0.356 e. The molecule has 2 N–H and O–H groups in total. The second kappa shape index (κ2) is 5.73. The van der Waals surface area contributed by atoms with Crippen molar-refractivity contribution >= 4 is 28.8 Å². The molecule has 1 fully saturated rings. The summed E-state index contributed by atoms with van der Waals surface area (Å²) < 4.78 is 0. The third-order valence-electron chi connectivity index (χ3n) is 3.96. The Bertz CT molecular complexity index is 907. The van der Waals surface area contributed by atoms with Crippen molar-refractivity contribution in [3.05, 3.63) is 48.5 Å². The molecule has 1 atom stereocenters. The SMILES string of the molecule is O=C1C[C@H](Nc2ncnc3nc[nH]c23)C(=O)N1Cc1ccccc1. The van der Waals surface area contributed by atoms with E-state index >= 15 is 0 Å². The second-order valence-electron chi connectivity index (χ2n) is 5.53. The summed E-state index contributed by atoms with van der Waals surface area (Å²) in [4.78, 5) is 41.2. The summed E-state index contributed by atoms with van der Waals surface area (Å²) in [5.41, 5.74) is 2.03. The third kappa shape index (κ3) is 2.47. The van der Waals surface area contributed by atoms with Crippen molar-refractivity contribution < 1.29 is 9.59 Å². The van der Waals surface area contributed by atoms with Crippen LogP contribution in [0.2, 0.25) is 0 Å². The number of H-pyrrole nitrogens is 1. The summed E-state index contributed by atoms with van der Waals surface area (Å²) in [6.45, 7) is 0.278. The van der Waals surface area contributed by atoms with E-state index in [2.05, 4.69) is 25.3 Å². The van der Waals surface area contributed by atoms with Crippen LogP contribution in [0.15, 0.2) is 43.0 Å². The predicted molar refractivity (Wildman–Crippen MR) is 85.7 cm³/mol. The Kier molecular flexibility index (Phi) is 3.42. The zero-order chi connectivity index (χ0) is 16.5. The summed E-state index contributed by atoms with van der Waals surface area (Å²) in [5, 5.41) is 3.03. The Morgan fingerprint density at radius 1 is 1.17 bits per heavy atom. The van der Waals surface area contributed by atoms with Crippen molar-refractivity contribution in [3.8, 4) is 0 Å². The molecule has 2 amide bonds. The molecule has 0 radical (unpaired) electrons. The largest absolute Gasteiger partial charge is 0.356 e. The van der Waals surface area contributed by atoms with Crippen LogP contribution in [0.4, 0.5) is 5.82 Å². The molecular weight excluding hydrogens is 308 g/mol. The topological polar surface area (TPSA) is 104 Å². The number of fused-ring (bicyclic) bond motifs is 1. The second-order valence-corrected chi connectivity index (χ2v) is 5.53. The van der Waals surface area contributed by atoms with Crippen molar-refractivity contribution in [1.82, 2.24) is 24.8 Å². The molecule has 4 rings (SSSR count). The smallest absolute Gasteiger partial charge is 0.252 e. The van der Waals surface area contributed by atoms with Gasteiger partial charge in [-0.2, -0.15) is 0 Å². The van der Waals surface area contributed by atoms with Crippen LogP contribution in [0.5, 0.6) is 0 Å². The van der Waals surface area contributed by atoms with Gasteiger partial charge in [0, 0.05) is 0 Å². The Morgan fingerprint density at radius 3 is 2.83 bits per heavy atom. The molecule has 2 aromatic heterocycles. The van der Waals surface area contributed by atoms with Gasteiger partial charge in [0.2, 0.25) is 5.91 Å². The number of carbonyl (C=O) groups excluding carboxylic acids is 2. The van der Waals surface area contributed by atoms with Gasteiger partial charge in [0.1, 0.15) is 17.9 Å². The van der Waals surface area contributed by atoms with Crippen LogP contribution >= 0.6 is 0 Å². The number of hydrogen-bond acceptors (Lipinski definition) is 6. The van der Waals surface area contributed by atoms with E-state index in [9.17, 15) is 9.59 Å². The molecule has 1 aliphatic heterocycles. The maximum absolute atomic E-state index is 12.6.